The second-order valence-corrected chi connectivity index (χ2v) is 13.7. The molecule has 0 aliphatic carbocycles. The first-order valence-electron chi connectivity index (χ1n) is 16.6. The van der Waals surface area contributed by atoms with Gasteiger partial charge >= 0.3 is 0 Å². The summed E-state index contributed by atoms with van der Waals surface area (Å²) >= 11 is 1.80. The fourth-order valence-corrected chi connectivity index (χ4v) is 6.34. The lowest BCUT2D eigenvalue weighted by molar-refractivity contribution is -0.118. The maximum atomic E-state index is 13.0. The van der Waals surface area contributed by atoms with Crippen LogP contribution in [0.15, 0.2) is 53.6 Å². The van der Waals surface area contributed by atoms with E-state index >= 15 is 0 Å². The van der Waals surface area contributed by atoms with Crippen molar-refractivity contribution in [1.82, 2.24) is 4.90 Å². The fraction of sp³-hybridized carbons (Fsp3) is 0.595. The molecule has 1 heterocycles. The van der Waals surface area contributed by atoms with Crippen molar-refractivity contribution in [1.29, 1.82) is 0 Å². The molecule has 2 aromatic rings. The summed E-state index contributed by atoms with van der Waals surface area (Å²) in [5.41, 5.74) is 4.16. The molecule has 1 aliphatic rings. The van der Waals surface area contributed by atoms with Crippen LogP contribution in [0.1, 0.15) is 123 Å². The van der Waals surface area contributed by atoms with Crippen LogP contribution in [0, 0.1) is 0 Å². The zero-order chi connectivity index (χ0) is 30.9. The molecular formula is C37H57BrN2O3S. The summed E-state index contributed by atoms with van der Waals surface area (Å²) in [7, 11) is 0. The number of nitrogens with one attached hydrogen (secondary N) is 1. The van der Waals surface area contributed by atoms with Crippen LogP contribution >= 0.6 is 28.7 Å². The first-order chi connectivity index (χ1) is 20.8. The Morgan fingerprint density at radius 1 is 0.864 bits per heavy atom. The average molecular weight is 690 g/mol. The highest BCUT2D eigenvalue weighted by molar-refractivity contribution is 8.93. The summed E-state index contributed by atoms with van der Waals surface area (Å²) < 4.78 is 12.5. The third kappa shape index (κ3) is 13.5. The first kappa shape index (κ1) is 38.1. The molecule has 5 nitrogen and oxygen atoms in total. The second kappa shape index (κ2) is 20.8. The summed E-state index contributed by atoms with van der Waals surface area (Å²) in [5.74, 6) is 2.15. The van der Waals surface area contributed by atoms with Gasteiger partial charge in [-0.3, -0.25) is 4.79 Å². The van der Waals surface area contributed by atoms with E-state index in [0.717, 1.165) is 41.4 Å². The number of para-hydroxylation sites is 2. The Bertz CT molecular complexity index is 1150. The Morgan fingerprint density at radius 3 is 2.11 bits per heavy atom. The number of rotatable bonds is 20. The molecule has 1 aliphatic heterocycles. The van der Waals surface area contributed by atoms with Gasteiger partial charge in [-0.2, -0.15) is 0 Å². The monoisotopic (exact) mass is 688 g/mol. The Hall–Kier alpha value is -2.12. The van der Waals surface area contributed by atoms with Crippen molar-refractivity contribution < 1.29 is 14.3 Å². The van der Waals surface area contributed by atoms with Gasteiger partial charge in [0.15, 0.2) is 18.1 Å². The van der Waals surface area contributed by atoms with Gasteiger partial charge in [0.1, 0.15) is 0 Å². The van der Waals surface area contributed by atoms with Crippen LogP contribution in [-0.4, -0.2) is 29.9 Å². The van der Waals surface area contributed by atoms with Crippen LogP contribution in [0.3, 0.4) is 0 Å². The van der Waals surface area contributed by atoms with Crippen LogP contribution in [0.4, 0.5) is 5.69 Å². The number of ether oxygens (including phenoxy) is 2. The highest BCUT2D eigenvalue weighted by atomic mass is 79.9. The van der Waals surface area contributed by atoms with Gasteiger partial charge in [-0.1, -0.05) is 129 Å². The van der Waals surface area contributed by atoms with Gasteiger partial charge < -0.3 is 19.7 Å². The van der Waals surface area contributed by atoms with E-state index in [1.54, 1.807) is 11.8 Å². The summed E-state index contributed by atoms with van der Waals surface area (Å²) in [6, 6.07) is 14.0. The molecule has 0 bridgehead atoms. The number of allylic oxidation sites excluding steroid dienone is 1. The normalized spacial score (nSPS) is 12.9. The molecule has 0 saturated carbocycles. The second-order valence-electron chi connectivity index (χ2n) is 12.9. The van der Waals surface area contributed by atoms with E-state index in [0.29, 0.717) is 12.4 Å². The minimum Gasteiger partial charge on any atom is -0.489 e. The number of benzene rings is 2. The van der Waals surface area contributed by atoms with E-state index in [1.165, 1.54) is 76.3 Å². The molecule has 0 radical (unpaired) electrons. The van der Waals surface area contributed by atoms with Gasteiger partial charge in [-0.25, -0.2) is 0 Å². The van der Waals surface area contributed by atoms with E-state index in [-0.39, 0.29) is 34.9 Å². The van der Waals surface area contributed by atoms with Crippen LogP contribution in [0.25, 0.3) is 0 Å². The number of carbonyl (C=O) groups excluding carboxylic acids is 1. The molecule has 0 fully saturated rings. The minimum absolute atomic E-state index is 0. The molecule has 3 rings (SSSR count). The third-order valence-corrected chi connectivity index (χ3v) is 8.99. The maximum absolute atomic E-state index is 13.0. The molecular weight excluding hydrogens is 632 g/mol. The molecule has 1 N–H and O–H groups in total. The summed E-state index contributed by atoms with van der Waals surface area (Å²) in [5, 5.41) is 5.25. The summed E-state index contributed by atoms with van der Waals surface area (Å²) in [6.45, 7) is 12.3. The highest BCUT2D eigenvalue weighted by Crippen LogP contribution is 2.39. The Morgan fingerprint density at radius 2 is 1.50 bits per heavy atom. The van der Waals surface area contributed by atoms with Gasteiger partial charge in [0, 0.05) is 23.5 Å². The molecule has 0 saturated heterocycles. The van der Waals surface area contributed by atoms with Gasteiger partial charge in [-0.05, 0) is 41.9 Å². The Kier molecular flexibility index (Phi) is 18.0. The number of anilines is 1. The summed E-state index contributed by atoms with van der Waals surface area (Å²) in [6.07, 6.45) is 15.8. The average Bonchev–Trinajstić information content (AvgIpc) is 3.39. The highest BCUT2D eigenvalue weighted by Gasteiger charge is 2.23. The van der Waals surface area contributed by atoms with Crippen molar-refractivity contribution in [3.05, 3.63) is 64.7 Å². The molecule has 0 aromatic heterocycles. The number of amides is 1. The number of unbranched alkanes of at least 4 members (excludes halogenated alkanes) is 11. The SMILES string of the molecule is Br.CCCCCCCCCCCCCCOc1c(OCC(=O)Nc2ccccc2CN2CSC=C2C)cccc1C(C)(C)C. The molecule has 0 unspecified atom stereocenters. The van der Waals surface area contributed by atoms with Crippen LogP contribution in [0.2, 0.25) is 0 Å². The third-order valence-electron chi connectivity index (χ3n) is 8.03. The van der Waals surface area contributed by atoms with Crippen molar-refractivity contribution >= 4 is 40.3 Å². The zero-order valence-corrected chi connectivity index (χ0v) is 30.5. The molecule has 0 atom stereocenters. The maximum Gasteiger partial charge on any atom is 0.262 e. The molecule has 246 valence electrons. The quantitative estimate of drug-likeness (QED) is 0.140. The molecule has 44 heavy (non-hydrogen) atoms. The number of carbonyl (C=O) groups is 1. The molecule has 7 heteroatoms. The van der Waals surface area contributed by atoms with Crippen LogP contribution in [-0.2, 0) is 16.8 Å². The van der Waals surface area contributed by atoms with Crippen molar-refractivity contribution in [3.8, 4) is 11.5 Å². The smallest absolute Gasteiger partial charge is 0.262 e. The number of nitrogens with zero attached hydrogens (tertiary/aromatic N) is 1. The summed E-state index contributed by atoms with van der Waals surface area (Å²) in [4.78, 5) is 15.3. The molecule has 1 amide bonds. The molecule has 0 spiro atoms. The number of halogens is 1. The lowest BCUT2D eigenvalue weighted by atomic mass is 9.86. The van der Waals surface area contributed by atoms with Gasteiger partial charge in [0.25, 0.3) is 5.91 Å². The van der Waals surface area contributed by atoms with E-state index < -0.39 is 0 Å². The minimum atomic E-state index is -0.177. The Labute approximate surface area is 282 Å². The van der Waals surface area contributed by atoms with E-state index in [9.17, 15) is 4.79 Å². The van der Waals surface area contributed by atoms with Crippen molar-refractivity contribution in [2.24, 2.45) is 0 Å². The Balaban J connectivity index is 0.00000675. The number of hydrogen-bond donors (Lipinski definition) is 1. The number of hydrogen-bond acceptors (Lipinski definition) is 5. The van der Waals surface area contributed by atoms with E-state index in [1.807, 2.05) is 30.3 Å². The van der Waals surface area contributed by atoms with E-state index in [4.69, 9.17) is 9.47 Å². The van der Waals surface area contributed by atoms with Gasteiger partial charge in [0.05, 0.1) is 12.5 Å². The standard InChI is InChI=1S/C37H56N2O3S.BrH/c1-6-7-8-9-10-11-12-13-14-15-16-19-25-41-36-32(37(3,4)5)22-20-24-34(36)42-27-35(40)38-33-23-18-17-21-31(33)26-39-29-43-28-30(39)2;/h17-18,20-24,28H,6-16,19,25-27,29H2,1-5H3,(H,38,40);1H. The predicted molar refractivity (Wildman–Crippen MR) is 194 cm³/mol. The van der Waals surface area contributed by atoms with Crippen molar-refractivity contribution in [3.63, 3.8) is 0 Å². The topological polar surface area (TPSA) is 50.8 Å². The van der Waals surface area contributed by atoms with Crippen LogP contribution in [0.5, 0.6) is 11.5 Å². The van der Waals surface area contributed by atoms with Crippen molar-refractivity contribution in [2.45, 2.75) is 124 Å². The number of thioether (sulfide) groups is 1. The lowest BCUT2D eigenvalue weighted by Crippen LogP contribution is -2.23. The fourth-order valence-electron chi connectivity index (χ4n) is 5.40. The van der Waals surface area contributed by atoms with Gasteiger partial charge in [0.2, 0.25) is 0 Å². The zero-order valence-electron chi connectivity index (χ0n) is 27.9. The van der Waals surface area contributed by atoms with Crippen molar-refractivity contribution in [2.75, 3.05) is 24.4 Å². The largest absolute Gasteiger partial charge is 0.489 e. The van der Waals surface area contributed by atoms with Gasteiger partial charge in [-0.15, -0.1) is 28.7 Å². The lowest BCUT2D eigenvalue weighted by Gasteiger charge is -2.25. The van der Waals surface area contributed by atoms with E-state index in [2.05, 4.69) is 62.4 Å². The predicted octanol–water partition coefficient (Wildman–Crippen LogP) is 11.0. The van der Waals surface area contributed by atoms with Crippen LogP contribution < -0.4 is 14.8 Å². The first-order valence-corrected chi connectivity index (χ1v) is 17.6. The molecule has 2 aromatic carbocycles.